The summed E-state index contributed by atoms with van der Waals surface area (Å²) in [4.78, 5) is -1.18. The second-order valence-corrected chi connectivity index (χ2v) is 6.40. The van der Waals surface area contributed by atoms with Crippen LogP contribution in [-0.4, -0.2) is 0 Å². The summed E-state index contributed by atoms with van der Waals surface area (Å²) in [5.74, 6) is -39.9. The topological polar surface area (TPSA) is 3.24 Å². The third-order valence-corrected chi connectivity index (χ3v) is 4.51. The van der Waals surface area contributed by atoms with Gasteiger partial charge < -0.3 is 0 Å². The summed E-state index contributed by atoms with van der Waals surface area (Å²) >= 11 is 0. The van der Waals surface area contributed by atoms with E-state index < -0.39 is 109 Å². The SMILES string of the molecule is Cc1c(F)c(F)c(F)c(F)c1N(c1c(F)c(F)c(F)c(F)c1F)c1c(F)c(F)c(F)c(F)c1F. The van der Waals surface area contributed by atoms with Crippen LogP contribution in [0, 0.1) is 88.4 Å². The quantitative estimate of drug-likeness (QED) is 0.201. The minimum atomic E-state index is -2.95. The highest BCUT2D eigenvalue weighted by Gasteiger charge is 2.39. The maximum absolute atomic E-state index is 14.6. The summed E-state index contributed by atoms with van der Waals surface area (Å²) in [5.41, 5.74) is -9.01. The molecule has 0 spiro atoms. The van der Waals surface area contributed by atoms with Crippen LogP contribution in [0.25, 0.3) is 0 Å². The molecule has 182 valence electrons. The zero-order valence-electron chi connectivity index (χ0n) is 15.7. The van der Waals surface area contributed by atoms with Crippen LogP contribution in [0.1, 0.15) is 5.56 Å². The van der Waals surface area contributed by atoms with Crippen LogP contribution in [0.15, 0.2) is 0 Å². The molecule has 0 saturated carbocycles. The second kappa shape index (κ2) is 8.36. The third-order valence-electron chi connectivity index (χ3n) is 4.51. The molecular weight excluding hydrogens is 508 g/mol. The molecule has 0 radical (unpaired) electrons. The summed E-state index contributed by atoms with van der Waals surface area (Å²) in [7, 11) is 0. The van der Waals surface area contributed by atoms with Gasteiger partial charge in [-0.15, -0.1) is 0 Å². The summed E-state index contributed by atoms with van der Waals surface area (Å²) in [6.07, 6.45) is 0. The molecule has 3 aromatic carbocycles. The summed E-state index contributed by atoms with van der Waals surface area (Å²) in [6.45, 7) is 0.279. The molecule has 0 saturated heterocycles. The Kier molecular flexibility index (Phi) is 6.17. The largest absolute Gasteiger partial charge is 0.296 e. The molecule has 0 aliphatic heterocycles. The molecule has 0 aromatic heterocycles. The average Bonchev–Trinajstić information content (AvgIpc) is 2.81. The third kappa shape index (κ3) is 3.32. The number of halogens is 14. The lowest BCUT2D eigenvalue weighted by Gasteiger charge is -2.29. The molecule has 0 unspecified atom stereocenters. The van der Waals surface area contributed by atoms with E-state index in [1.165, 1.54) is 0 Å². The average molecular weight is 511 g/mol. The standard InChI is InChI=1S/C19H3F14N/c1-2-3(20)4(21)7(24)12(29)17(2)34(18-13(30)8(25)5(22)9(26)14(18)31)19-15(32)10(27)6(23)11(28)16(19)33/h1H3. The normalized spacial score (nSPS) is 11.4. The Morgan fingerprint density at radius 3 is 0.794 bits per heavy atom. The van der Waals surface area contributed by atoms with Gasteiger partial charge in [-0.05, 0) is 6.92 Å². The van der Waals surface area contributed by atoms with Crippen molar-refractivity contribution in [3.8, 4) is 0 Å². The molecular formula is C19H3F14N. The fourth-order valence-electron chi connectivity index (χ4n) is 2.91. The number of anilines is 3. The van der Waals surface area contributed by atoms with E-state index in [2.05, 4.69) is 0 Å². The number of hydrogen-bond acceptors (Lipinski definition) is 1. The molecule has 0 aliphatic rings. The Labute approximate surface area is 178 Å². The molecule has 0 atom stereocenters. The first-order valence-electron chi connectivity index (χ1n) is 8.32. The van der Waals surface area contributed by atoms with Gasteiger partial charge in [0.2, 0.25) is 11.6 Å². The van der Waals surface area contributed by atoms with E-state index in [9.17, 15) is 61.5 Å². The molecule has 0 N–H and O–H groups in total. The minimum Gasteiger partial charge on any atom is -0.296 e. The van der Waals surface area contributed by atoms with Gasteiger partial charge >= 0.3 is 0 Å². The van der Waals surface area contributed by atoms with Crippen molar-refractivity contribution in [3.63, 3.8) is 0 Å². The Morgan fingerprint density at radius 1 is 0.294 bits per heavy atom. The van der Waals surface area contributed by atoms with Gasteiger partial charge in [-0.3, -0.25) is 4.90 Å². The Hall–Kier alpha value is -3.52. The van der Waals surface area contributed by atoms with Crippen LogP contribution >= 0.6 is 0 Å². The van der Waals surface area contributed by atoms with Gasteiger partial charge in [0.1, 0.15) is 11.4 Å². The van der Waals surface area contributed by atoms with E-state index in [0.29, 0.717) is 0 Å². The summed E-state index contributed by atoms with van der Waals surface area (Å²) in [6, 6.07) is 0. The first-order chi connectivity index (χ1) is 15.7. The second-order valence-electron chi connectivity index (χ2n) is 6.40. The predicted octanol–water partition coefficient (Wildman–Crippen LogP) is 7.41. The highest BCUT2D eigenvalue weighted by atomic mass is 19.2. The predicted molar refractivity (Wildman–Crippen MR) is 85.3 cm³/mol. The van der Waals surface area contributed by atoms with E-state index in [4.69, 9.17) is 0 Å². The van der Waals surface area contributed by atoms with Crippen molar-refractivity contribution in [1.29, 1.82) is 0 Å². The monoisotopic (exact) mass is 511 g/mol. The van der Waals surface area contributed by atoms with E-state index in [1.54, 1.807) is 0 Å². The van der Waals surface area contributed by atoms with Crippen molar-refractivity contribution in [3.05, 3.63) is 87.0 Å². The van der Waals surface area contributed by atoms with Gasteiger partial charge in [0, 0.05) is 5.56 Å². The van der Waals surface area contributed by atoms with E-state index in [1.807, 2.05) is 0 Å². The van der Waals surface area contributed by atoms with E-state index in [0.717, 1.165) is 0 Å². The molecule has 0 heterocycles. The zero-order valence-corrected chi connectivity index (χ0v) is 15.7. The number of benzene rings is 3. The van der Waals surface area contributed by atoms with Crippen LogP contribution in [-0.2, 0) is 0 Å². The number of rotatable bonds is 3. The molecule has 0 amide bonds. The lowest BCUT2D eigenvalue weighted by atomic mass is 10.1. The lowest BCUT2D eigenvalue weighted by molar-refractivity contribution is 0.374. The fraction of sp³-hybridized carbons (Fsp3) is 0.0526. The van der Waals surface area contributed by atoms with Crippen LogP contribution in [0.2, 0.25) is 0 Å². The van der Waals surface area contributed by atoms with Crippen molar-refractivity contribution in [2.45, 2.75) is 6.92 Å². The van der Waals surface area contributed by atoms with Gasteiger partial charge in [-0.25, -0.2) is 61.5 Å². The van der Waals surface area contributed by atoms with Crippen molar-refractivity contribution >= 4 is 17.1 Å². The van der Waals surface area contributed by atoms with Crippen LogP contribution in [0.4, 0.5) is 78.5 Å². The van der Waals surface area contributed by atoms with Gasteiger partial charge in [-0.1, -0.05) is 0 Å². The molecule has 34 heavy (non-hydrogen) atoms. The van der Waals surface area contributed by atoms with Crippen molar-refractivity contribution < 1.29 is 61.5 Å². The van der Waals surface area contributed by atoms with Crippen LogP contribution in [0.3, 0.4) is 0 Å². The van der Waals surface area contributed by atoms with Crippen LogP contribution in [0.5, 0.6) is 0 Å². The molecule has 15 heteroatoms. The maximum atomic E-state index is 14.6. The zero-order chi connectivity index (χ0) is 26.0. The van der Waals surface area contributed by atoms with E-state index in [-0.39, 0.29) is 6.92 Å². The Bertz CT molecular complexity index is 1110. The molecule has 0 fully saturated rings. The molecule has 0 aliphatic carbocycles. The first-order valence-corrected chi connectivity index (χ1v) is 8.32. The first kappa shape index (κ1) is 25.1. The Balaban J connectivity index is 2.68. The van der Waals surface area contributed by atoms with Gasteiger partial charge in [0.25, 0.3) is 0 Å². The van der Waals surface area contributed by atoms with E-state index >= 15 is 0 Å². The molecule has 3 rings (SSSR count). The molecule has 1 nitrogen and oxygen atoms in total. The number of hydrogen-bond donors (Lipinski definition) is 0. The lowest BCUT2D eigenvalue weighted by Crippen LogP contribution is -2.24. The fourth-order valence-corrected chi connectivity index (χ4v) is 2.91. The van der Waals surface area contributed by atoms with Gasteiger partial charge in [0.15, 0.2) is 69.8 Å². The minimum absolute atomic E-state index is 0.279. The number of nitrogens with zero attached hydrogens (tertiary/aromatic N) is 1. The van der Waals surface area contributed by atoms with Crippen LogP contribution < -0.4 is 4.90 Å². The smallest absolute Gasteiger partial charge is 0.200 e. The molecule has 3 aromatic rings. The maximum Gasteiger partial charge on any atom is 0.200 e. The summed E-state index contributed by atoms with van der Waals surface area (Å²) < 4.78 is 196. The van der Waals surface area contributed by atoms with Crippen molar-refractivity contribution in [2.24, 2.45) is 0 Å². The highest BCUT2D eigenvalue weighted by Crippen LogP contribution is 2.47. The summed E-state index contributed by atoms with van der Waals surface area (Å²) in [5, 5.41) is 0. The molecule has 0 bridgehead atoms. The van der Waals surface area contributed by atoms with Gasteiger partial charge in [-0.2, -0.15) is 0 Å². The highest BCUT2D eigenvalue weighted by molar-refractivity contribution is 5.80. The Morgan fingerprint density at radius 2 is 0.500 bits per heavy atom. The van der Waals surface area contributed by atoms with Gasteiger partial charge in [0.05, 0.1) is 5.69 Å². The van der Waals surface area contributed by atoms with Crippen molar-refractivity contribution in [2.75, 3.05) is 4.90 Å². The van der Waals surface area contributed by atoms with Crippen molar-refractivity contribution in [1.82, 2.24) is 0 Å².